The van der Waals surface area contributed by atoms with Crippen LogP contribution in [0, 0.1) is 0 Å². The van der Waals surface area contributed by atoms with E-state index in [9.17, 15) is 5.11 Å². The molecular weight excluding hydrogens is 504 g/mol. The minimum Gasteiger partial charge on any atom is -0.394 e. The molecule has 1 N–H and O–H groups in total. The minimum absolute atomic E-state index is 0.257. The number of rotatable bonds is 13. The molecule has 1 heterocycles. The Bertz CT molecular complexity index is 1330. The SMILES string of the molecule is C=CCO[C@@H]1O[C@H](CO)[C@@H](OCc2ccc3ccccc3c2)[C@H](OCc2ccccc2)[C@H]1OCc1ccccc1. The topological polar surface area (TPSA) is 66.4 Å². The molecule has 5 atom stereocenters. The molecule has 208 valence electrons. The Morgan fingerprint density at radius 2 is 1.20 bits per heavy atom. The lowest BCUT2D eigenvalue weighted by atomic mass is 9.97. The molecule has 1 aliphatic heterocycles. The van der Waals surface area contributed by atoms with Gasteiger partial charge in [0.1, 0.15) is 24.4 Å². The van der Waals surface area contributed by atoms with E-state index in [-0.39, 0.29) is 13.2 Å². The molecular formula is C34H36O6. The summed E-state index contributed by atoms with van der Waals surface area (Å²) in [6, 6.07) is 34.4. The molecule has 4 aromatic rings. The summed E-state index contributed by atoms with van der Waals surface area (Å²) in [4.78, 5) is 0. The van der Waals surface area contributed by atoms with Gasteiger partial charge < -0.3 is 28.8 Å². The van der Waals surface area contributed by atoms with Crippen LogP contribution in [0.3, 0.4) is 0 Å². The van der Waals surface area contributed by atoms with Gasteiger partial charge in [0.05, 0.1) is 33.0 Å². The van der Waals surface area contributed by atoms with Crippen LogP contribution in [-0.4, -0.2) is 49.0 Å². The van der Waals surface area contributed by atoms with Crippen molar-refractivity contribution >= 4 is 10.8 Å². The maximum absolute atomic E-state index is 10.4. The summed E-state index contributed by atoms with van der Waals surface area (Å²) in [6.45, 7) is 4.79. The number of aliphatic hydroxyl groups excluding tert-OH is 1. The lowest BCUT2D eigenvalue weighted by molar-refractivity contribution is -0.324. The number of ether oxygens (including phenoxy) is 5. The molecule has 4 aromatic carbocycles. The van der Waals surface area contributed by atoms with E-state index in [4.69, 9.17) is 23.7 Å². The number of hydrogen-bond donors (Lipinski definition) is 1. The zero-order chi connectivity index (χ0) is 27.6. The van der Waals surface area contributed by atoms with Crippen molar-refractivity contribution in [2.75, 3.05) is 13.2 Å². The molecule has 40 heavy (non-hydrogen) atoms. The maximum atomic E-state index is 10.4. The van der Waals surface area contributed by atoms with Gasteiger partial charge in [0.2, 0.25) is 0 Å². The Morgan fingerprint density at radius 3 is 1.85 bits per heavy atom. The molecule has 1 saturated heterocycles. The molecule has 0 bridgehead atoms. The van der Waals surface area contributed by atoms with Crippen molar-refractivity contribution in [1.29, 1.82) is 0 Å². The highest BCUT2D eigenvalue weighted by Crippen LogP contribution is 2.31. The van der Waals surface area contributed by atoms with Crippen LogP contribution >= 0.6 is 0 Å². The molecule has 0 aliphatic carbocycles. The van der Waals surface area contributed by atoms with E-state index >= 15 is 0 Å². The number of fused-ring (bicyclic) bond motifs is 1. The summed E-state index contributed by atoms with van der Waals surface area (Å²) < 4.78 is 31.7. The second kappa shape index (κ2) is 14.3. The van der Waals surface area contributed by atoms with Crippen molar-refractivity contribution in [1.82, 2.24) is 0 Å². The molecule has 0 unspecified atom stereocenters. The highest BCUT2D eigenvalue weighted by molar-refractivity contribution is 5.82. The quantitative estimate of drug-likeness (QED) is 0.216. The van der Waals surface area contributed by atoms with Crippen LogP contribution in [0.2, 0.25) is 0 Å². The van der Waals surface area contributed by atoms with Crippen LogP contribution in [-0.2, 0) is 43.5 Å². The molecule has 0 spiro atoms. The molecule has 0 amide bonds. The molecule has 6 heteroatoms. The smallest absolute Gasteiger partial charge is 0.187 e. The van der Waals surface area contributed by atoms with E-state index < -0.39 is 30.7 Å². The third kappa shape index (κ3) is 7.23. The average molecular weight is 541 g/mol. The van der Waals surface area contributed by atoms with Gasteiger partial charge in [-0.2, -0.15) is 0 Å². The van der Waals surface area contributed by atoms with Gasteiger partial charge in [0, 0.05) is 0 Å². The van der Waals surface area contributed by atoms with Crippen LogP contribution in [0.5, 0.6) is 0 Å². The fourth-order valence-electron chi connectivity index (χ4n) is 4.94. The van der Waals surface area contributed by atoms with E-state index in [1.165, 1.54) is 5.39 Å². The first kappa shape index (κ1) is 28.2. The normalized spacial score (nSPS) is 22.8. The molecule has 6 nitrogen and oxygen atoms in total. The molecule has 1 aliphatic rings. The van der Waals surface area contributed by atoms with Gasteiger partial charge in [-0.25, -0.2) is 0 Å². The standard InChI is InChI=1S/C34H36O6/c1-2-19-36-34-33(39-23-26-13-7-4-8-14-26)32(38-22-25-11-5-3-6-12-25)31(30(21-35)40-34)37-24-27-17-18-28-15-9-10-16-29(28)20-27/h2-18,20,30-35H,1,19,21-24H2/t30-,31-,32+,33-,34-/m1/s1. The summed E-state index contributed by atoms with van der Waals surface area (Å²) in [6.07, 6.45) is -1.59. The Hall–Kier alpha value is -3.36. The third-order valence-electron chi connectivity index (χ3n) is 6.98. The summed E-state index contributed by atoms with van der Waals surface area (Å²) in [5, 5.41) is 12.7. The monoisotopic (exact) mass is 540 g/mol. The van der Waals surface area contributed by atoms with Gasteiger partial charge in [-0.1, -0.05) is 103 Å². The van der Waals surface area contributed by atoms with E-state index in [1.54, 1.807) is 6.08 Å². The van der Waals surface area contributed by atoms with Crippen LogP contribution < -0.4 is 0 Å². The van der Waals surface area contributed by atoms with E-state index in [0.717, 1.165) is 22.1 Å². The molecule has 0 radical (unpaired) electrons. The number of aliphatic hydroxyl groups is 1. The van der Waals surface area contributed by atoms with Gasteiger partial charge >= 0.3 is 0 Å². The highest BCUT2D eigenvalue weighted by atomic mass is 16.7. The van der Waals surface area contributed by atoms with Crippen molar-refractivity contribution in [2.45, 2.75) is 50.5 Å². The average Bonchev–Trinajstić information content (AvgIpc) is 3.01. The van der Waals surface area contributed by atoms with Gasteiger partial charge in [0.15, 0.2) is 6.29 Å². The molecule has 5 rings (SSSR count). The summed E-state index contributed by atoms with van der Waals surface area (Å²) in [5.41, 5.74) is 3.06. The van der Waals surface area contributed by atoms with Gasteiger partial charge in [-0.3, -0.25) is 0 Å². The number of hydrogen-bond acceptors (Lipinski definition) is 6. The molecule has 0 aromatic heterocycles. The number of benzene rings is 4. The zero-order valence-corrected chi connectivity index (χ0v) is 22.5. The van der Waals surface area contributed by atoms with Crippen LogP contribution in [0.15, 0.2) is 116 Å². The van der Waals surface area contributed by atoms with E-state index in [0.29, 0.717) is 19.8 Å². The predicted molar refractivity (Wildman–Crippen MR) is 154 cm³/mol. The lowest BCUT2D eigenvalue weighted by Gasteiger charge is -2.45. The second-order valence-corrected chi connectivity index (χ2v) is 9.83. The van der Waals surface area contributed by atoms with Gasteiger partial charge in [0.25, 0.3) is 0 Å². The summed E-state index contributed by atoms with van der Waals surface area (Å²) in [7, 11) is 0. The fourth-order valence-corrected chi connectivity index (χ4v) is 4.94. The highest BCUT2D eigenvalue weighted by Gasteiger charge is 2.48. The first-order chi connectivity index (χ1) is 19.7. The van der Waals surface area contributed by atoms with Crippen molar-refractivity contribution < 1.29 is 28.8 Å². The van der Waals surface area contributed by atoms with Crippen molar-refractivity contribution in [3.63, 3.8) is 0 Å². The largest absolute Gasteiger partial charge is 0.394 e. The first-order valence-electron chi connectivity index (χ1n) is 13.6. The summed E-state index contributed by atoms with van der Waals surface area (Å²) in [5.74, 6) is 0. The van der Waals surface area contributed by atoms with E-state index in [2.05, 4.69) is 36.9 Å². The van der Waals surface area contributed by atoms with Gasteiger partial charge in [-0.15, -0.1) is 6.58 Å². The first-order valence-corrected chi connectivity index (χ1v) is 13.6. The Labute approximate surface area is 235 Å². The summed E-state index contributed by atoms with van der Waals surface area (Å²) >= 11 is 0. The van der Waals surface area contributed by atoms with Crippen molar-refractivity contribution in [3.05, 3.63) is 132 Å². The van der Waals surface area contributed by atoms with Crippen LogP contribution in [0.4, 0.5) is 0 Å². The maximum Gasteiger partial charge on any atom is 0.187 e. The van der Waals surface area contributed by atoms with Crippen LogP contribution in [0.1, 0.15) is 16.7 Å². The predicted octanol–water partition coefficient (Wildman–Crippen LogP) is 5.82. The molecule has 0 saturated carbocycles. The third-order valence-corrected chi connectivity index (χ3v) is 6.98. The second-order valence-electron chi connectivity index (χ2n) is 9.83. The van der Waals surface area contributed by atoms with E-state index in [1.807, 2.05) is 72.8 Å². The van der Waals surface area contributed by atoms with Crippen LogP contribution in [0.25, 0.3) is 10.8 Å². The minimum atomic E-state index is -0.778. The van der Waals surface area contributed by atoms with Crippen molar-refractivity contribution in [3.8, 4) is 0 Å². The fraction of sp³-hybridized carbons (Fsp3) is 0.294. The van der Waals surface area contributed by atoms with Crippen molar-refractivity contribution in [2.24, 2.45) is 0 Å². The Balaban J connectivity index is 1.41. The Kier molecular flexibility index (Phi) is 10.1. The Morgan fingerprint density at radius 1 is 0.625 bits per heavy atom. The lowest BCUT2D eigenvalue weighted by Crippen LogP contribution is -2.61. The van der Waals surface area contributed by atoms with Gasteiger partial charge in [-0.05, 0) is 33.5 Å². The molecule has 1 fully saturated rings. The zero-order valence-electron chi connectivity index (χ0n) is 22.5.